The summed E-state index contributed by atoms with van der Waals surface area (Å²) in [5.74, 6) is -0.472. The number of benzene rings is 1. The van der Waals surface area contributed by atoms with Crippen LogP contribution in [0.3, 0.4) is 0 Å². The van der Waals surface area contributed by atoms with E-state index in [0.29, 0.717) is 5.56 Å². The number of aromatic nitrogens is 1. The standard InChI is InChI=1S/C16H20N4O/c17-12-6-2-4-8-14(12)20-15-10-5-1-3-7-13(10)19-9-11(15)16(18)21/h1,3,5,7,9,12,14H,2,4,6,8,17H2,(H2,18,21)(H,19,20). The molecule has 2 aromatic rings. The third kappa shape index (κ3) is 2.69. The highest BCUT2D eigenvalue weighted by molar-refractivity contribution is 6.06. The van der Waals surface area contributed by atoms with E-state index in [-0.39, 0.29) is 12.1 Å². The Balaban J connectivity index is 2.05. The molecule has 0 aliphatic heterocycles. The lowest BCUT2D eigenvalue weighted by Crippen LogP contribution is -2.43. The van der Waals surface area contributed by atoms with Crippen molar-refractivity contribution >= 4 is 22.5 Å². The first-order valence-electron chi connectivity index (χ1n) is 7.36. The third-order valence-electron chi connectivity index (χ3n) is 4.19. The molecule has 0 bridgehead atoms. The monoisotopic (exact) mass is 284 g/mol. The van der Waals surface area contributed by atoms with Gasteiger partial charge >= 0.3 is 0 Å². The van der Waals surface area contributed by atoms with Gasteiger partial charge in [-0.15, -0.1) is 0 Å². The topological polar surface area (TPSA) is 94.0 Å². The predicted octanol–water partition coefficient (Wildman–Crippen LogP) is 2.02. The Morgan fingerprint density at radius 1 is 1.24 bits per heavy atom. The number of amides is 1. The van der Waals surface area contributed by atoms with Crippen LogP contribution in [-0.2, 0) is 0 Å². The second kappa shape index (κ2) is 5.69. The van der Waals surface area contributed by atoms with Gasteiger partial charge in [0, 0.05) is 23.7 Å². The van der Waals surface area contributed by atoms with E-state index >= 15 is 0 Å². The zero-order valence-corrected chi connectivity index (χ0v) is 11.9. The van der Waals surface area contributed by atoms with E-state index in [4.69, 9.17) is 11.5 Å². The molecule has 1 aliphatic carbocycles. The summed E-state index contributed by atoms with van der Waals surface area (Å²) in [6.45, 7) is 0. The molecule has 3 rings (SSSR count). The molecule has 5 N–H and O–H groups in total. The number of hydrogen-bond acceptors (Lipinski definition) is 4. The summed E-state index contributed by atoms with van der Waals surface area (Å²) in [6, 6.07) is 8.00. The molecule has 0 radical (unpaired) electrons. The zero-order chi connectivity index (χ0) is 14.8. The van der Waals surface area contributed by atoms with Crippen LogP contribution in [0.5, 0.6) is 0 Å². The molecular formula is C16H20N4O. The molecule has 0 spiro atoms. The van der Waals surface area contributed by atoms with Crippen molar-refractivity contribution in [3.05, 3.63) is 36.0 Å². The molecule has 5 heteroatoms. The fourth-order valence-corrected chi connectivity index (χ4v) is 3.01. The quantitative estimate of drug-likeness (QED) is 0.803. The number of para-hydroxylation sites is 1. The number of carbonyl (C=O) groups excluding carboxylic acids is 1. The lowest BCUT2D eigenvalue weighted by atomic mass is 9.90. The summed E-state index contributed by atoms with van der Waals surface area (Å²) in [6.07, 6.45) is 5.88. The van der Waals surface area contributed by atoms with Crippen LogP contribution in [0.15, 0.2) is 30.5 Å². The van der Waals surface area contributed by atoms with E-state index in [0.717, 1.165) is 35.9 Å². The molecule has 1 aromatic heterocycles. The van der Waals surface area contributed by atoms with Crippen LogP contribution in [0.1, 0.15) is 36.0 Å². The van der Waals surface area contributed by atoms with E-state index in [1.807, 2.05) is 24.3 Å². The van der Waals surface area contributed by atoms with Gasteiger partial charge in [0.1, 0.15) is 0 Å². The number of carbonyl (C=O) groups is 1. The summed E-state index contributed by atoms with van der Waals surface area (Å²) >= 11 is 0. The lowest BCUT2D eigenvalue weighted by molar-refractivity contribution is 0.100. The molecule has 1 aliphatic rings. The minimum Gasteiger partial charge on any atom is -0.380 e. The summed E-state index contributed by atoms with van der Waals surface area (Å²) < 4.78 is 0. The molecule has 5 nitrogen and oxygen atoms in total. The van der Waals surface area contributed by atoms with Crippen molar-refractivity contribution < 1.29 is 4.79 Å². The summed E-state index contributed by atoms with van der Waals surface area (Å²) in [7, 11) is 0. The maximum atomic E-state index is 11.7. The van der Waals surface area contributed by atoms with Crippen LogP contribution in [0.2, 0.25) is 0 Å². The summed E-state index contributed by atoms with van der Waals surface area (Å²) in [4.78, 5) is 16.0. The SMILES string of the molecule is NC(=O)c1cnc2ccccc2c1NC1CCCCC1N. The fraction of sp³-hybridized carbons (Fsp3) is 0.375. The van der Waals surface area contributed by atoms with Crippen molar-refractivity contribution in [2.24, 2.45) is 11.5 Å². The zero-order valence-electron chi connectivity index (χ0n) is 11.9. The number of fused-ring (bicyclic) bond motifs is 1. The molecule has 1 heterocycles. The Kier molecular flexibility index (Phi) is 3.75. The van der Waals surface area contributed by atoms with Gasteiger partial charge in [0.15, 0.2) is 0 Å². The van der Waals surface area contributed by atoms with Crippen LogP contribution in [0.25, 0.3) is 10.9 Å². The van der Waals surface area contributed by atoms with Crippen molar-refractivity contribution in [3.8, 4) is 0 Å². The third-order valence-corrected chi connectivity index (χ3v) is 4.19. The van der Waals surface area contributed by atoms with E-state index < -0.39 is 5.91 Å². The fourth-order valence-electron chi connectivity index (χ4n) is 3.01. The molecule has 0 saturated heterocycles. The van der Waals surface area contributed by atoms with E-state index in [2.05, 4.69) is 10.3 Å². The van der Waals surface area contributed by atoms with E-state index in [1.165, 1.54) is 6.42 Å². The van der Waals surface area contributed by atoms with Gasteiger partial charge in [-0.1, -0.05) is 31.0 Å². The molecule has 1 saturated carbocycles. The summed E-state index contributed by atoms with van der Waals surface area (Å²) in [5, 5.41) is 4.37. The van der Waals surface area contributed by atoms with Crippen molar-refractivity contribution in [2.75, 3.05) is 5.32 Å². The smallest absolute Gasteiger partial charge is 0.252 e. The van der Waals surface area contributed by atoms with Crippen LogP contribution < -0.4 is 16.8 Å². The van der Waals surface area contributed by atoms with E-state index in [9.17, 15) is 4.79 Å². The number of nitrogens with two attached hydrogens (primary N) is 2. The number of nitrogens with zero attached hydrogens (tertiary/aromatic N) is 1. The van der Waals surface area contributed by atoms with Gasteiger partial charge in [-0.3, -0.25) is 9.78 Å². The molecule has 110 valence electrons. The largest absolute Gasteiger partial charge is 0.380 e. The maximum Gasteiger partial charge on any atom is 0.252 e. The number of nitrogens with one attached hydrogen (secondary N) is 1. The first-order valence-corrected chi connectivity index (χ1v) is 7.36. The molecule has 21 heavy (non-hydrogen) atoms. The molecule has 1 aromatic carbocycles. The van der Waals surface area contributed by atoms with Crippen LogP contribution in [-0.4, -0.2) is 23.0 Å². The Morgan fingerprint density at radius 3 is 2.76 bits per heavy atom. The van der Waals surface area contributed by atoms with Crippen molar-refractivity contribution in [2.45, 2.75) is 37.8 Å². The van der Waals surface area contributed by atoms with Gasteiger partial charge < -0.3 is 16.8 Å². The van der Waals surface area contributed by atoms with Crippen molar-refractivity contribution in [3.63, 3.8) is 0 Å². The van der Waals surface area contributed by atoms with Crippen LogP contribution in [0.4, 0.5) is 5.69 Å². The Labute approximate surface area is 123 Å². The first-order chi connectivity index (χ1) is 10.2. The van der Waals surface area contributed by atoms with Crippen LogP contribution >= 0.6 is 0 Å². The molecule has 1 amide bonds. The highest BCUT2D eigenvalue weighted by atomic mass is 16.1. The van der Waals surface area contributed by atoms with Gasteiger partial charge in [0.05, 0.1) is 16.8 Å². The number of pyridine rings is 1. The Morgan fingerprint density at radius 2 is 2.00 bits per heavy atom. The number of hydrogen-bond donors (Lipinski definition) is 3. The summed E-state index contributed by atoms with van der Waals surface area (Å²) in [5.41, 5.74) is 13.7. The van der Waals surface area contributed by atoms with Gasteiger partial charge in [-0.2, -0.15) is 0 Å². The predicted molar refractivity (Wildman–Crippen MR) is 84.1 cm³/mol. The van der Waals surface area contributed by atoms with E-state index in [1.54, 1.807) is 6.20 Å². The Bertz CT molecular complexity index is 670. The number of anilines is 1. The van der Waals surface area contributed by atoms with Crippen molar-refractivity contribution in [1.29, 1.82) is 0 Å². The average Bonchev–Trinajstić information content (AvgIpc) is 2.49. The Hall–Kier alpha value is -2.14. The molecule has 2 unspecified atom stereocenters. The minimum absolute atomic E-state index is 0.103. The lowest BCUT2D eigenvalue weighted by Gasteiger charge is -2.31. The van der Waals surface area contributed by atoms with Gasteiger partial charge in [0.2, 0.25) is 0 Å². The van der Waals surface area contributed by atoms with Gasteiger partial charge in [0.25, 0.3) is 5.91 Å². The molecule has 1 fully saturated rings. The minimum atomic E-state index is -0.472. The average molecular weight is 284 g/mol. The highest BCUT2D eigenvalue weighted by Crippen LogP contribution is 2.29. The second-order valence-corrected chi connectivity index (χ2v) is 5.63. The van der Waals surface area contributed by atoms with Gasteiger partial charge in [-0.05, 0) is 18.9 Å². The molecule has 2 atom stereocenters. The van der Waals surface area contributed by atoms with Crippen molar-refractivity contribution in [1.82, 2.24) is 4.98 Å². The number of primary amides is 1. The van der Waals surface area contributed by atoms with Gasteiger partial charge in [-0.25, -0.2) is 0 Å². The molecular weight excluding hydrogens is 264 g/mol. The first kappa shape index (κ1) is 13.8. The normalized spacial score (nSPS) is 22.1. The highest BCUT2D eigenvalue weighted by Gasteiger charge is 2.24. The number of rotatable bonds is 3. The van der Waals surface area contributed by atoms with Crippen LogP contribution in [0, 0.1) is 0 Å². The maximum absolute atomic E-state index is 11.7. The second-order valence-electron chi connectivity index (χ2n) is 5.63.